The van der Waals surface area contributed by atoms with Crippen molar-refractivity contribution in [3.8, 4) is 11.3 Å². The summed E-state index contributed by atoms with van der Waals surface area (Å²) in [4.78, 5) is 16.9. The number of nitrogens with zero attached hydrogens (tertiary/aromatic N) is 3. The predicted octanol–water partition coefficient (Wildman–Crippen LogP) is 3.48. The van der Waals surface area contributed by atoms with E-state index in [1.807, 2.05) is 12.1 Å². The predicted molar refractivity (Wildman–Crippen MR) is 80.0 cm³/mol. The molecule has 1 aliphatic rings. The van der Waals surface area contributed by atoms with E-state index in [1.165, 1.54) is 12.8 Å². The summed E-state index contributed by atoms with van der Waals surface area (Å²) in [5, 5.41) is 4.05. The summed E-state index contributed by atoms with van der Waals surface area (Å²) in [6.07, 6.45) is 10.0. The number of rotatable bonds is 3. The van der Waals surface area contributed by atoms with Gasteiger partial charge >= 0.3 is 5.97 Å². The van der Waals surface area contributed by atoms with Crippen LogP contribution in [0.25, 0.3) is 11.3 Å². The van der Waals surface area contributed by atoms with Crippen molar-refractivity contribution in [1.82, 2.24) is 14.6 Å². The number of ether oxygens (including phenoxy) is 1. The molecule has 0 radical (unpaired) electrons. The monoisotopic (exact) mass is 303 g/mol. The van der Waals surface area contributed by atoms with E-state index in [4.69, 9.17) is 4.74 Å². The maximum Gasteiger partial charge on any atom is 0.352 e. The van der Waals surface area contributed by atoms with Crippen LogP contribution in [0.4, 0.5) is 0 Å². The van der Waals surface area contributed by atoms with Crippen LogP contribution in [0.1, 0.15) is 48.2 Å². The number of aromatic nitrogens is 3. The van der Waals surface area contributed by atoms with Gasteiger partial charge < -0.3 is 4.74 Å². The average molecular weight is 303 g/mol. The number of esters is 1. The van der Waals surface area contributed by atoms with Crippen LogP contribution in [0, 0.1) is 0 Å². The summed E-state index contributed by atoms with van der Waals surface area (Å²) in [5.41, 5.74) is 1.35. The number of carbonyl (C=O) groups excluding carboxylic acids is 1. The van der Waals surface area contributed by atoms with Crippen LogP contribution < -0.4 is 0 Å². The Hall–Kier alpha value is -1.82. The van der Waals surface area contributed by atoms with Gasteiger partial charge in [0.15, 0.2) is 4.88 Å². The van der Waals surface area contributed by atoms with Crippen LogP contribution in [-0.2, 0) is 4.74 Å². The van der Waals surface area contributed by atoms with Gasteiger partial charge in [-0.25, -0.2) is 4.79 Å². The van der Waals surface area contributed by atoms with Gasteiger partial charge in [-0.3, -0.25) is 4.98 Å². The Bertz CT molecular complexity index is 592. The molecule has 0 aromatic carbocycles. The first kappa shape index (κ1) is 14.1. The molecule has 0 N–H and O–H groups in total. The fraction of sp³-hybridized carbons (Fsp3) is 0.467. The van der Waals surface area contributed by atoms with Crippen LogP contribution in [0.15, 0.2) is 24.5 Å². The van der Waals surface area contributed by atoms with E-state index in [9.17, 15) is 4.79 Å². The van der Waals surface area contributed by atoms with E-state index in [2.05, 4.69) is 14.6 Å². The third-order valence-corrected chi connectivity index (χ3v) is 4.39. The Morgan fingerprint density at radius 3 is 2.76 bits per heavy atom. The molecule has 0 amide bonds. The van der Waals surface area contributed by atoms with Crippen molar-refractivity contribution >= 4 is 17.5 Å². The first-order valence-electron chi connectivity index (χ1n) is 7.28. The Morgan fingerprint density at radius 2 is 2.05 bits per heavy atom. The minimum absolute atomic E-state index is 0.0313. The van der Waals surface area contributed by atoms with E-state index < -0.39 is 0 Å². The van der Waals surface area contributed by atoms with Gasteiger partial charge in [0.1, 0.15) is 11.8 Å². The van der Waals surface area contributed by atoms with Crippen LogP contribution in [0.2, 0.25) is 0 Å². The highest BCUT2D eigenvalue weighted by molar-refractivity contribution is 7.08. The summed E-state index contributed by atoms with van der Waals surface area (Å²) in [6, 6.07) is 3.68. The number of hydrogen-bond donors (Lipinski definition) is 0. The second-order valence-corrected chi connectivity index (χ2v) is 5.97. The topological polar surface area (TPSA) is 65.0 Å². The Morgan fingerprint density at radius 1 is 1.24 bits per heavy atom. The minimum atomic E-state index is -0.309. The van der Waals surface area contributed by atoms with Crippen molar-refractivity contribution in [2.24, 2.45) is 0 Å². The molecule has 110 valence electrons. The molecular formula is C15H17N3O2S. The van der Waals surface area contributed by atoms with Gasteiger partial charge in [-0.1, -0.05) is 17.3 Å². The van der Waals surface area contributed by atoms with E-state index in [1.54, 1.807) is 12.4 Å². The number of pyridine rings is 1. The Balaban J connectivity index is 1.75. The second kappa shape index (κ2) is 6.76. The summed E-state index contributed by atoms with van der Waals surface area (Å²) in [7, 11) is 0. The zero-order valence-electron chi connectivity index (χ0n) is 11.7. The van der Waals surface area contributed by atoms with Crippen molar-refractivity contribution in [2.45, 2.75) is 44.6 Å². The van der Waals surface area contributed by atoms with Crippen LogP contribution in [-0.4, -0.2) is 26.6 Å². The molecule has 1 aliphatic carbocycles. The lowest BCUT2D eigenvalue weighted by Crippen LogP contribution is -2.17. The third-order valence-electron chi connectivity index (χ3n) is 3.68. The van der Waals surface area contributed by atoms with Crippen LogP contribution >= 0.6 is 11.5 Å². The van der Waals surface area contributed by atoms with Crippen LogP contribution in [0.5, 0.6) is 0 Å². The summed E-state index contributed by atoms with van der Waals surface area (Å²) >= 11 is 1.08. The average Bonchev–Trinajstić information content (AvgIpc) is 2.87. The lowest BCUT2D eigenvalue weighted by Gasteiger charge is -2.14. The minimum Gasteiger partial charge on any atom is -0.458 e. The molecule has 2 heterocycles. The van der Waals surface area contributed by atoms with Crippen molar-refractivity contribution in [3.63, 3.8) is 0 Å². The zero-order valence-corrected chi connectivity index (χ0v) is 12.5. The summed E-state index contributed by atoms with van der Waals surface area (Å²) in [6.45, 7) is 0. The highest BCUT2D eigenvalue weighted by atomic mass is 32.1. The quantitative estimate of drug-likeness (QED) is 0.641. The Labute approximate surface area is 127 Å². The molecule has 1 fully saturated rings. The maximum absolute atomic E-state index is 12.4. The van der Waals surface area contributed by atoms with Gasteiger partial charge in [-0.05, 0) is 49.3 Å². The molecular weight excluding hydrogens is 286 g/mol. The van der Waals surface area contributed by atoms with E-state index >= 15 is 0 Å². The molecule has 0 bridgehead atoms. The van der Waals surface area contributed by atoms with Crippen molar-refractivity contribution < 1.29 is 9.53 Å². The molecule has 1 saturated carbocycles. The first-order chi connectivity index (χ1) is 10.3. The van der Waals surface area contributed by atoms with Crippen molar-refractivity contribution in [2.75, 3.05) is 0 Å². The van der Waals surface area contributed by atoms with Gasteiger partial charge in [0.05, 0.1) is 0 Å². The SMILES string of the molecule is O=C(OC1CCCCCC1)c1snnc1-c1cccnc1. The molecule has 5 nitrogen and oxygen atoms in total. The fourth-order valence-electron chi connectivity index (χ4n) is 2.58. The molecule has 0 spiro atoms. The molecule has 0 atom stereocenters. The zero-order chi connectivity index (χ0) is 14.5. The standard InChI is InChI=1S/C15H17N3O2S/c19-15(20-12-7-3-1-2-4-8-12)14-13(17-18-21-14)11-6-5-9-16-10-11/h5-6,9-10,12H,1-4,7-8H2. The third kappa shape index (κ3) is 3.44. The van der Waals surface area contributed by atoms with Gasteiger partial charge in [0.25, 0.3) is 0 Å². The Kier molecular flexibility index (Phi) is 4.55. The molecule has 2 aromatic rings. The smallest absolute Gasteiger partial charge is 0.352 e. The van der Waals surface area contributed by atoms with Gasteiger partial charge in [-0.15, -0.1) is 5.10 Å². The molecule has 6 heteroatoms. The molecule has 2 aromatic heterocycles. The van der Waals surface area contributed by atoms with E-state index in [0.29, 0.717) is 10.6 Å². The lowest BCUT2D eigenvalue weighted by molar-refractivity contribution is 0.0273. The van der Waals surface area contributed by atoms with Gasteiger partial charge in [0.2, 0.25) is 0 Å². The second-order valence-electron chi connectivity index (χ2n) is 5.21. The maximum atomic E-state index is 12.4. The van der Waals surface area contributed by atoms with E-state index in [0.717, 1.165) is 42.8 Å². The van der Waals surface area contributed by atoms with Crippen molar-refractivity contribution in [1.29, 1.82) is 0 Å². The molecule has 0 saturated heterocycles. The van der Waals surface area contributed by atoms with Gasteiger partial charge in [0, 0.05) is 18.0 Å². The summed E-state index contributed by atoms with van der Waals surface area (Å²) < 4.78 is 9.54. The fourth-order valence-corrected chi connectivity index (χ4v) is 3.15. The lowest BCUT2D eigenvalue weighted by atomic mass is 10.1. The van der Waals surface area contributed by atoms with E-state index in [-0.39, 0.29) is 12.1 Å². The first-order valence-corrected chi connectivity index (χ1v) is 8.05. The molecule has 21 heavy (non-hydrogen) atoms. The largest absolute Gasteiger partial charge is 0.458 e. The highest BCUT2D eigenvalue weighted by Crippen LogP contribution is 2.26. The number of hydrogen-bond acceptors (Lipinski definition) is 6. The molecule has 0 aliphatic heterocycles. The highest BCUT2D eigenvalue weighted by Gasteiger charge is 2.23. The normalized spacial score (nSPS) is 16.4. The molecule has 0 unspecified atom stereocenters. The van der Waals surface area contributed by atoms with Gasteiger partial charge in [-0.2, -0.15) is 0 Å². The van der Waals surface area contributed by atoms with Crippen LogP contribution in [0.3, 0.4) is 0 Å². The molecule has 3 rings (SSSR count). The summed E-state index contributed by atoms with van der Waals surface area (Å²) in [5.74, 6) is -0.309. The number of carbonyl (C=O) groups is 1. The van der Waals surface area contributed by atoms with Crippen molar-refractivity contribution in [3.05, 3.63) is 29.4 Å².